The van der Waals surface area contributed by atoms with Crippen molar-refractivity contribution in [2.75, 3.05) is 17.3 Å². The molecule has 13 heavy (non-hydrogen) atoms. The highest BCUT2D eigenvalue weighted by molar-refractivity contribution is 9.09. The molecule has 0 aromatic carbocycles. The van der Waals surface area contributed by atoms with Crippen LogP contribution in [0.25, 0.3) is 0 Å². The zero-order valence-corrected chi connectivity index (χ0v) is 11.4. The van der Waals surface area contributed by atoms with Crippen LogP contribution in [0, 0.1) is 5.41 Å². The maximum absolute atomic E-state index is 5.61. The second kappa shape index (κ2) is 5.72. The van der Waals surface area contributed by atoms with Crippen LogP contribution in [0.3, 0.4) is 0 Å². The van der Waals surface area contributed by atoms with Crippen molar-refractivity contribution in [3.05, 3.63) is 0 Å². The summed E-state index contributed by atoms with van der Waals surface area (Å²) in [4.78, 5) is 0. The van der Waals surface area contributed by atoms with Crippen molar-refractivity contribution >= 4 is 31.9 Å². The average molecular weight is 314 g/mol. The van der Waals surface area contributed by atoms with Gasteiger partial charge in [-0.2, -0.15) is 0 Å². The highest BCUT2D eigenvalue weighted by atomic mass is 79.9. The molecule has 0 bridgehead atoms. The van der Waals surface area contributed by atoms with E-state index in [9.17, 15) is 0 Å². The molecule has 0 radical (unpaired) electrons. The van der Waals surface area contributed by atoms with Crippen molar-refractivity contribution < 1.29 is 4.74 Å². The predicted octanol–water partition coefficient (Wildman–Crippen LogP) is 3.74. The average Bonchev–Trinajstić information content (AvgIpc) is 2.67. The molecule has 1 unspecified atom stereocenters. The second-order valence-corrected chi connectivity index (χ2v) is 5.37. The molecule has 1 fully saturated rings. The van der Waals surface area contributed by atoms with E-state index < -0.39 is 0 Å². The molecular weight excluding hydrogens is 296 g/mol. The molecule has 1 nitrogen and oxygen atoms in total. The first-order valence-electron chi connectivity index (χ1n) is 4.94. The first-order valence-corrected chi connectivity index (χ1v) is 7.18. The Labute approximate surface area is 97.9 Å². The number of ether oxygens (including phenoxy) is 1. The van der Waals surface area contributed by atoms with Gasteiger partial charge in [-0.1, -0.05) is 38.8 Å². The Kier molecular flexibility index (Phi) is 5.27. The van der Waals surface area contributed by atoms with E-state index in [-0.39, 0.29) is 0 Å². The molecule has 1 aliphatic rings. The fraction of sp³-hybridized carbons (Fsp3) is 1.00. The number of hydrogen-bond donors (Lipinski definition) is 0. The standard InChI is InChI=1S/C10H18Br2O/c1-10(7-11,8-12)5-4-9-3-2-6-13-9/h9H,2-8H2,1H3. The van der Waals surface area contributed by atoms with Crippen molar-refractivity contribution in [3.8, 4) is 0 Å². The lowest BCUT2D eigenvalue weighted by Crippen LogP contribution is -2.22. The Morgan fingerprint density at radius 2 is 2.08 bits per heavy atom. The first kappa shape index (κ1) is 12.0. The molecule has 1 heterocycles. The minimum atomic E-state index is 0.395. The summed E-state index contributed by atoms with van der Waals surface area (Å²) in [6, 6.07) is 0. The van der Waals surface area contributed by atoms with E-state index in [1.807, 2.05) is 0 Å². The van der Waals surface area contributed by atoms with Gasteiger partial charge < -0.3 is 4.74 Å². The SMILES string of the molecule is CC(CBr)(CBr)CCC1CCCO1. The van der Waals surface area contributed by atoms with Gasteiger partial charge in [-0.3, -0.25) is 0 Å². The lowest BCUT2D eigenvalue weighted by molar-refractivity contribution is 0.0944. The fourth-order valence-electron chi connectivity index (χ4n) is 1.55. The van der Waals surface area contributed by atoms with Gasteiger partial charge in [-0.25, -0.2) is 0 Å². The van der Waals surface area contributed by atoms with Gasteiger partial charge in [-0.05, 0) is 31.1 Å². The highest BCUT2D eigenvalue weighted by Crippen LogP contribution is 2.30. The summed E-state index contributed by atoms with van der Waals surface area (Å²) in [5, 5.41) is 2.13. The zero-order valence-electron chi connectivity index (χ0n) is 8.19. The van der Waals surface area contributed by atoms with Crippen LogP contribution in [-0.4, -0.2) is 23.4 Å². The molecule has 0 N–H and O–H groups in total. The van der Waals surface area contributed by atoms with E-state index in [0.717, 1.165) is 17.3 Å². The highest BCUT2D eigenvalue weighted by Gasteiger charge is 2.24. The third kappa shape index (κ3) is 3.88. The monoisotopic (exact) mass is 312 g/mol. The summed E-state index contributed by atoms with van der Waals surface area (Å²) in [7, 11) is 0. The van der Waals surface area contributed by atoms with Crippen molar-refractivity contribution in [1.82, 2.24) is 0 Å². The molecule has 0 aromatic heterocycles. The van der Waals surface area contributed by atoms with Crippen molar-refractivity contribution in [1.29, 1.82) is 0 Å². The second-order valence-electron chi connectivity index (χ2n) is 4.25. The molecule has 0 amide bonds. The maximum Gasteiger partial charge on any atom is 0.0576 e. The third-order valence-corrected chi connectivity index (χ3v) is 5.45. The van der Waals surface area contributed by atoms with Gasteiger partial charge in [0.2, 0.25) is 0 Å². The van der Waals surface area contributed by atoms with Crippen LogP contribution < -0.4 is 0 Å². The van der Waals surface area contributed by atoms with Crippen LogP contribution in [0.4, 0.5) is 0 Å². The number of halogens is 2. The van der Waals surface area contributed by atoms with Gasteiger partial charge in [-0.15, -0.1) is 0 Å². The lowest BCUT2D eigenvalue weighted by atomic mass is 9.88. The minimum absolute atomic E-state index is 0.395. The van der Waals surface area contributed by atoms with E-state index in [4.69, 9.17) is 4.74 Å². The Morgan fingerprint density at radius 1 is 1.38 bits per heavy atom. The quantitative estimate of drug-likeness (QED) is 0.703. The molecule has 0 saturated carbocycles. The largest absolute Gasteiger partial charge is 0.378 e. The van der Waals surface area contributed by atoms with Crippen molar-refractivity contribution in [2.24, 2.45) is 5.41 Å². The minimum Gasteiger partial charge on any atom is -0.378 e. The van der Waals surface area contributed by atoms with Gasteiger partial charge in [0.05, 0.1) is 6.10 Å². The van der Waals surface area contributed by atoms with Gasteiger partial charge >= 0.3 is 0 Å². The molecule has 1 saturated heterocycles. The summed E-state index contributed by atoms with van der Waals surface area (Å²) >= 11 is 7.14. The Hall–Kier alpha value is 0.920. The molecule has 78 valence electrons. The maximum atomic E-state index is 5.61. The lowest BCUT2D eigenvalue weighted by Gasteiger charge is -2.25. The van der Waals surface area contributed by atoms with E-state index in [2.05, 4.69) is 38.8 Å². The van der Waals surface area contributed by atoms with Crippen LogP contribution in [0.2, 0.25) is 0 Å². The van der Waals surface area contributed by atoms with E-state index >= 15 is 0 Å². The molecule has 1 aliphatic heterocycles. The fourth-order valence-corrected chi connectivity index (χ4v) is 3.04. The summed E-state index contributed by atoms with van der Waals surface area (Å²) < 4.78 is 5.61. The molecule has 3 heteroatoms. The Morgan fingerprint density at radius 3 is 2.54 bits per heavy atom. The number of alkyl halides is 2. The zero-order chi connectivity index (χ0) is 9.73. The van der Waals surface area contributed by atoms with Crippen LogP contribution in [-0.2, 0) is 4.74 Å². The summed E-state index contributed by atoms with van der Waals surface area (Å²) in [6.45, 7) is 3.29. The Bertz CT molecular complexity index is 140. The summed E-state index contributed by atoms with van der Waals surface area (Å²) in [5.41, 5.74) is 0.395. The van der Waals surface area contributed by atoms with E-state index in [1.54, 1.807) is 0 Å². The van der Waals surface area contributed by atoms with Gasteiger partial charge in [0.15, 0.2) is 0 Å². The van der Waals surface area contributed by atoms with Crippen LogP contribution in [0.5, 0.6) is 0 Å². The van der Waals surface area contributed by atoms with Crippen LogP contribution >= 0.6 is 31.9 Å². The normalized spacial score (nSPS) is 23.8. The predicted molar refractivity (Wildman–Crippen MR) is 63.9 cm³/mol. The van der Waals surface area contributed by atoms with E-state index in [0.29, 0.717) is 11.5 Å². The van der Waals surface area contributed by atoms with Gasteiger partial charge in [0.25, 0.3) is 0 Å². The topological polar surface area (TPSA) is 9.23 Å². The van der Waals surface area contributed by atoms with Crippen molar-refractivity contribution in [2.45, 2.75) is 38.7 Å². The number of hydrogen-bond acceptors (Lipinski definition) is 1. The van der Waals surface area contributed by atoms with Gasteiger partial charge in [0.1, 0.15) is 0 Å². The first-order chi connectivity index (χ1) is 6.20. The third-order valence-electron chi connectivity index (χ3n) is 2.74. The Balaban J connectivity index is 2.22. The molecule has 0 spiro atoms. The summed E-state index contributed by atoms with van der Waals surface area (Å²) in [6.07, 6.45) is 5.52. The van der Waals surface area contributed by atoms with Crippen molar-refractivity contribution in [3.63, 3.8) is 0 Å². The molecule has 1 rings (SSSR count). The smallest absolute Gasteiger partial charge is 0.0576 e. The van der Waals surface area contributed by atoms with E-state index in [1.165, 1.54) is 25.7 Å². The van der Waals surface area contributed by atoms with Crippen LogP contribution in [0.15, 0.2) is 0 Å². The van der Waals surface area contributed by atoms with Crippen LogP contribution in [0.1, 0.15) is 32.6 Å². The molecule has 0 aliphatic carbocycles. The molecular formula is C10H18Br2O. The molecule has 0 aromatic rings. The summed E-state index contributed by atoms with van der Waals surface area (Å²) in [5.74, 6) is 0. The number of rotatable bonds is 5. The van der Waals surface area contributed by atoms with Gasteiger partial charge in [0, 0.05) is 17.3 Å². The molecule has 1 atom stereocenters.